The van der Waals surface area contributed by atoms with Crippen molar-refractivity contribution in [3.8, 4) is 11.4 Å². The Morgan fingerprint density at radius 3 is 3.04 bits per heavy atom. The molecule has 0 radical (unpaired) electrons. The lowest BCUT2D eigenvalue weighted by molar-refractivity contribution is -0.134. The zero-order valence-electron chi connectivity index (χ0n) is 16.2. The highest BCUT2D eigenvalue weighted by Gasteiger charge is 2.45. The molecule has 4 rings (SSSR count). The highest BCUT2D eigenvalue weighted by atomic mass is 35.5. The standard InChI is InChI=1S/C20H23ClN6O/c1-4-26(3)19(28)20(2)7-5-9-27(20)16-6-8-22-18(25-16)15-12-24-17-14(15)10-13(21)11-23-17/h6,8,10-12H,4-5,7,9H2,1-3H3,(H,23,24). The van der Waals surface area contributed by atoms with Crippen LogP contribution in [0.15, 0.2) is 30.7 Å². The molecule has 0 bridgehead atoms. The van der Waals surface area contributed by atoms with Crippen LogP contribution in [0.2, 0.25) is 5.02 Å². The number of hydrogen-bond donors (Lipinski definition) is 1. The zero-order valence-corrected chi connectivity index (χ0v) is 17.0. The fourth-order valence-corrected chi connectivity index (χ4v) is 4.06. The van der Waals surface area contributed by atoms with Gasteiger partial charge in [-0.25, -0.2) is 15.0 Å². The second kappa shape index (κ2) is 7.05. The van der Waals surface area contributed by atoms with Gasteiger partial charge in [0, 0.05) is 49.7 Å². The zero-order chi connectivity index (χ0) is 19.9. The maximum absolute atomic E-state index is 13.0. The molecule has 0 saturated carbocycles. The van der Waals surface area contributed by atoms with Crippen molar-refractivity contribution in [3.63, 3.8) is 0 Å². The van der Waals surface area contributed by atoms with Crippen molar-refractivity contribution in [2.45, 2.75) is 32.2 Å². The summed E-state index contributed by atoms with van der Waals surface area (Å²) in [5.41, 5.74) is 0.977. The van der Waals surface area contributed by atoms with E-state index in [1.165, 1.54) is 0 Å². The molecule has 0 aromatic carbocycles. The van der Waals surface area contributed by atoms with Crippen LogP contribution in [-0.2, 0) is 4.79 Å². The van der Waals surface area contributed by atoms with Crippen LogP contribution in [0, 0.1) is 0 Å². The van der Waals surface area contributed by atoms with Gasteiger partial charge in [-0.05, 0) is 38.8 Å². The Hall–Kier alpha value is -2.67. The van der Waals surface area contributed by atoms with E-state index in [0.29, 0.717) is 17.4 Å². The van der Waals surface area contributed by atoms with Crippen LogP contribution < -0.4 is 4.90 Å². The molecule has 4 heterocycles. The lowest BCUT2D eigenvalue weighted by Gasteiger charge is -2.37. The van der Waals surface area contributed by atoms with E-state index in [9.17, 15) is 4.79 Å². The average molecular weight is 399 g/mol. The van der Waals surface area contributed by atoms with E-state index in [1.54, 1.807) is 17.3 Å². The quantitative estimate of drug-likeness (QED) is 0.727. The predicted molar refractivity (Wildman–Crippen MR) is 110 cm³/mol. The van der Waals surface area contributed by atoms with E-state index in [2.05, 4.69) is 19.9 Å². The molecule has 1 atom stereocenters. The molecule has 1 fully saturated rings. The van der Waals surface area contributed by atoms with Crippen LogP contribution in [0.1, 0.15) is 26.7 Å². The van der Waals surface area contributed by atoms with E-state index in [-0.39, 0.29) is 5.91 Å². The predicted octanol–water partition coefficient (Wildman–Crippen LogP) is 3.51. The lowest BCUT2D eigenvalue weighted by Crippen LogP contribution is -2.54. The van der Waals surface area contributed by atoms with Gasteiger partial charge in [0.2, 0.25) is 5.91 Å². The number of carbonyl (C=O) groups excluding carboxylic acids is 1. The van der Waals surface area contributed by atoms with Gasteiger partial charge in [-0.15, -0.1) is 0 Å². The fraction of sp³-hybridized carbons (Fsp3) is 0.400. The summed E-state index contributed by atoms with van der Waals surface area (Å²) in [6.07, 6.45) is 6.94. The fourth-order valence-electron chi connectivity index (χ4n) is 3.90. The summed E-state index contributed by atoms with van der Waals surface area (Å²) in [6, 6.07) is 3.72. The Morgan fingerprint density at radius 1 is 1.43 bits per heavy atom. The van der Waals surface area contributed by atoms with Crippen molar-refractivity contribution in [2.24, 2.45) is 0 Å². The molecule has 3 aromatic rings. The number of halogens is 1. The first-order valence-electron chi connectivity index (χ1n) is 9.43. The monoisotopic (exact) mass is 398 g/mol. The number of aromatic nitrogens is 4. The topological polar surface area (TPSA) is 78.0 Å². The van der Waals surface area contributed by atoms with Crippen molar-refractivity contribution < 1.29 is 4.79 Å². The van der Waals surface area contributed by atoms with Gasteiger partial charge in [0.15, 0.2) is 5.82 Å². The maximum atomic E-state index is 13.0. The number of nitrogens with one attached hydrogen (secondary N) is 1. The minimum atomic E-state index is -0.596. The van der Waals surface area contributed by atoms with Crippen LogP contribution in [0.3, 0.4) is 0 Å². The molecular weight excluding hydrogens is 376 g/mol. The van der Waals surface area contributed by atoms with Gasteiger partial charge < -0.3 is 14.8 Å². The Balaban J connectivity index is 1.74. The van der Waals surface area contributed by atoms with Gasteiger partial charge in [-0.3, -0.25) is 4.79 Å². The Kier molecular flexibility index (Phi) is 4.71. The van der Waals surface area contributed by atoms with Crippen molar-refractivity contribution in [2.75, 3.05) is 25.0 Å². The molecule has 1 aliphatic heterocycles. The third kappa shape index (κ3) is 2.99. The number of hydrogen-bond acceptors (Lipinski definition) is 5. The summed E-state index contributed by atoms with van der Waals surface area (Å²) >= 11 is 6.12. The molecule has 28 heavy (non-hydrogen) atoms. The van der Waals surface area contributed by atoms with Crippen LogP contribution in [0.25, 0.3) is 22.4 Å². The van der Waals surface area contributed by atoms with Crippen molar-refractivity contribution in [3.05, 3.63) is 35.7 Å². The molecule has 1 saturated heterocycles. The lowest BCUT2D eigenvalue weighted by atomic mass is 9.97. The van der Waals surface area contributed by atoms with Crippen molar-refractivity contribution in [1.29, 1.82) is 0 Å². The van der Waals surface area contributed by atoms with Gasteiger partial charge in [0.25, 0.3) is 0 Å². The Morgan fingerprint density at radius 2 is 2.25 bits per heavy atom. The summed E-state index contributed by atoms with van der Waals surface area (Å²) in [7, 11) is 1.85. The number of anilines is 1. The van der Waals surface area contributed by atoms with Gasteiger partial charge in [-0.1, -0.05) is 11.6 Å². The third-order valence-corrected chi connectivity index (χ3v) is 5.79. The van der Waals surface area contributed by atoms with Crippen molar-refractivity contribution in [1.82, 2.24) is 24.8 Å². The van der Waals surface area contributed by atoms with Crippen molar-refractivity contribution >= 4 is 34.4 Å². The minimum absolute atomic E-state index is 0.121. The van der Waals surface area contributed by atoms with E-state index >= 15 is 0 Å². The van der Waals surface area contributed by atoms with Gasteiger partial charge in [-0.2, -0.15) is 0 Å². The summed E-state index contributed by atoms with van der Waals surface area (Å²) in [5.74, 6) is 1.46. The van der Waals surface area contributed by atoms with Gasteiger partial charge in [0.1, 0.15) is 17.0 Å². The molecule has 1 amide bonds. The third-order valence-electron chi connectivity index (χ3n) is 5.58. The smallest absolute Gasteiger partial charge is 0.247 e. The second-order valence-corrected chi connectivity index (χ2v) is 7.78. The largest absolute Gasteiger partial charge is 0.345 e. The van der Waals surface area contributed by atoms with E-state index in [4.69, 9.17) is 16.6 Å². The number of fused-ring (bicyclic) bond motifs is 1. The molecule has 0 aliphatic carbocycles. The molecule has 7 nitrogen and oxygen atoms in total. The van der Waals surface area contributed by atoms with Crippen LogP contribution in [0.4, 0.5) is 5.82 Å². The molecule has 3 aromatic heterocycles. The van der Waals surface area contributed by atoms with E-state index in [0.717, 1.165) is 41.8 Å². The van der Waals surface area contributed by atoms with Crippen LogP contribution in [0.5, 0.6) is 0 Å². The molecule has 8 heteroatoms. The first-order chi connectivity index (χ1) is 13.4. The molecule has 0 spiro atoms. The van der Waals surface area contributed by atoms with Crippen LogP contribution >= 0.6 is 11.6 Å². The number of pyridine rings is 1. The number of H-pyrrole nitrogens is 1. The van der Waals surface area contributed by atoms with E-state index in [1.807, 2.05) is 39.2 Å². The maximum Gasteiger partial charge on any atom is 0.247 e. The minimum Gasteiger partial charge on any atom is -0.345 e. The van der Waals surface area contributed by atoms with E-state index < -0.39 is 5.54 Å². The number of amides is 1. The molecule has 1 unspecified atom stereocenters. The Labute approximate surface area is 168 Å². The molecule has 146 valence electrons. The molecule has 1 N–H and O–H groups in total. The second-order valence-electron chi connectivity index (χ2n) is 7.34. The first-order valence-corrected chi connectivity index (χ1v) is 9.81. The molecule has 1 aliphatic rings. The number of likely N-dealkylation sites (N-methyl/N-ethyl adjacent to an activating group) is 1. The SMILES string of the molecule is CCN(C)C(=O)C1(C)CCCN1c1ccnc(-c2c[nH]c3ncc(Cl)cc23)n1. The van der Waals surface area contributed by atoms with Gasteiger partial charge in [0.05, 0.1) is 5.02 Å². The summed E-state index contributed by atoms with van der Waals surface area (Å²) < 4.78 is 0. The number of rotatable bonds is 4. The molecular formula is C20H23ClN6O. The normalized spacial score (nSPS) is 19.4. The summed E-state index contributed by atoms with van der Waals surface area (Å²) in [4.78, 5) is 33.6. The number of nitrogens with zero attached hydrogens (tertiary/aromatic N) is 5. The van der Waals surface area contributed by atoms with Gasteiger partial charge >= 0.3 is 0 Å². The highest BCUT2D eigenvalue weighted by Crippen LogP contribution is 2.35. The summed E-state index contributed by atoms with van der Waals surface area (Å²) in [6.45, 7) is 5.46. The number of carbonyl (C=O) groups is 1. The number of aromatic amines is 1. The summed E-state index contributed by atoms with van der Waals surface area (Å²) in [5, 5.41) is 1.43. The first kappa shape index (κ1) is 18.7. The Bertz CT molecular complexity index is 1030. The highest BCUT2D eigenvalue weighted by molar-refractivity contribution is 6.31. The average Bonchev–Trinajstić information content (AvgIpc) is 3.30. The van der Waals surface area contributed by atoms with Crippen LogP contribution in [-0.4, -0.2) is 56.4 Å².